The van der Waals surface area contributed by atoms with Gasteiger partial charge in [-0.2, -0.15) is 4.98 Å². The van der Waals surface area contributed by atoms with Crippen molar-refractivity contribution in [2.45, 2.75) is 6.92 Å². The van der Waals surface area contributed by atoms with Crippen LogP contribution in [0.3, 0.4) is 0 Å². The molecule has 3 rings (SSSR count). The van der Waals surface area contributed by atoms with Crippen molar-refractivity contribution in [2.24, 2.45) is 0 Å². The largest absolute Gasteiger partial charge is 0.508 e. The lowest BCUT2D eigenvalue weighted by molar-refractivity contribution is 0.416. The highest BCUT2D eigenvalue weighted by Gasteiger charge is 2.10. The number of phenols is 1. The lowest BCUT2D eigenvalue weighted by Gasteiger charge is -2.09. The molecule has 0 radical (unpaired) electrons. The van der Waals surface area contributed by atoms with Crippen molar-refractivity contribution in [3.8, 4) is 34.0 Å². The van der Waals surface area contributed by atoms with Gasteiger partial charge in [0, 0.05) is 11.1 Å². The second kappa shape index (κ2) is 5.96. The molecule has 0 spiro atoms. The topological polar surface area (TPSA) is 75.2 Å². The maximum atomic E-state index is 12.0. The minimum Gasteiger partial charge on any atom is -0.508 e. The van der Waals surface area contributed by atoms with E-state index in [1.807, 2.05) is 24.3 Å². The molecule has 5 heteroatoms. The number of rotatable bonds is 3. The Hall–Kier alpha value is -3.08. The summed E-state index contributed by atoms with van der Waals surface area (Å²) in [5.41, 5.74) is 3.01. The third kappa shape index (κ3) is 2.94. The van der Waals surface area contributed by atoms with Gasteiger partial charge in [-0.05, 0) is 48.9 Å². The van der Waals surface area contributed by atoms with E-state index in [9.17, 15) is 9.90 Å². The van der Waals surface area contributed by atoms with E-state index in [1.54, 1.807) is 38.3 Å². The molecule has 0 saturated heterocycles. The zero-order chi connectivity index (χ0) is 16.4. The molecule has 0 aliphatic heterocycles. The van der Waals surface area contributed by atoms with Crippen LogP contribution in [0.2, 0.25) is 0 Å². The van der Waals surface area contributed by atoms with Crippen LogP contribution in [0.15, 0.2) is 53.3 Å². The number of methoxy groups -OCH3 is 1. The summed E-state index contributed by atoms with van der Waals surface area (Å²) < 4.78 is 5.34. The highest BCUT2D eigenvalue weighted by molar-refractivity contribution is 5.72. The minimum absolute atomic E-state index is 0.212. The molecule has 2 aromatic carbocycles. The number of ether oxygens (including phenoxy) is 1. The van der Waals surface area contributed by atoms with Crippen molar-refractivity contribution < 1.29 is 9.84 Å². The SMILES string of the molecule is COc1ccccc1-c1cc(-c2ccc(O)c(C)c2)nc(=O)[nH]1. The van der Waals surface area contributed by atoms with Gasteiger partial charge in [0.05, 0.1) is 18.5 Å². The summed E-state index contributed by atoms with van der Waals surface area (Å²) in [6, 6.07) is 14.4. The van der Waals surface area contributed by atoms with Gasteiger partial charge in [-0.1, -0.05) is 12.1 Å². The Bertz CT molecular complexity index is 916. The molecule has 3 aromatic rings. The highest BCUT2D eigenvalue weighted by atomic mass is 16.5. The summed E-state index contributed by atoms with van der Waals surface area (Å²) in [5, 5.41) is 9.64. The molecule has 0 fully saturated rings. The monoisotopic (exact) mass is 308 g/mol. The van der Waals surface area contributed by atoms with E-state index in [2.05, 4.69) is 9.97 Å². The zero-order valence-electron chi connectivity index (χ0n) is 12.8. The van der Waals surface area contributed by atoms with E-state index in [0.717, 1.165) is 16.7 Å². The Morgan fingerprint density at radius 1 is 1.13 bits per heavy atom. The van der Waals surface area contributed by atoms with E-state index in [-0.39, 0.29) is 5.75 Å². The minimum atomic E-state index is -0.436. The van der Waals surface area contributed by atoms with Crippen molar-refractivity contribution in [3.05, 3.63) is 64.6 Å². The summed E-state index contributed by atoms with van der Waals surface area (Å²) in [5.74, 6) is 0.880. The fourth-order valence-corrected chi connectivity index (χ4v) is 2.43. The van der Waals surface area contributed by atoms with Crippen LogP contribution in [0, 0.1) is 6.92 Å². The average Bonchev–Trinajstić information content (AvgIpc) is 2.56. The smallest absolute Gasteiger partial charge is 0.345 e. The number of nitrogens with one attached hydrogen (secondary N) is 1. The van der Waals surface area contributed by atoms with Crippen LogP contribution in [-0.2, 0) is 0 Å². The van der Waals surface area contributed by atoms with E-state index in [0.29, 0.717) is 17.1 Å². The molecule has 1 heterocycles. The summed E-state index contributed by atoms with van der Waals surface area (Å²) >= 11 is 0. The van der Waals surface area contributed by atoms with Crippen molar-refractivity contribution in [3.63, 3.8) is 0 Å². The van der Waals surface area contributed by atoms with Crippen LogP contribution in [0.1, 0.15) is 5.56 Å². The van der Waals surface area contributed by atoms with Gasteiger partial charge in [0.15, 0.2) is 0 Å². The third-order valence-electron chi connectivity index (χ3n) is 3.63. The summed E-state index contributed by atoms with van der Waals surface area (Å²) in [4.78, 5) is 18.7. The number of H-pyrrole nitrogens is 1. The van der Waals surface area contributed by atoms with Gasteiger partial charge >= 0.3 is 5.69 Å². The first kappa shape index (κ1) is 14.8. The number of para-hydroxylation sites is 1. The second-order valence-corrected chi connectivity index (χ2v) is 5.19. The lowest BCUT2D eigenvalue weighted by atomic mass is 10.0. The van der Waals surface area contributed by atoms with Gasteiger partial charge in [-0.3, -0.25) is 0 Å². The van der Waals surface area contributed by atoms with Crippen molar-refractivity contribution in [2.75, 3.05) is 7.11 Å². The number of hydrogen-bond donors (Lipinski definition) is 2. The van der Waals surface area contributed by atoms with Crippen LogP contribution >= 0.6 is 0 Å². The maximum Gasteiger partial charge on any atom is 0.345 e. The first-order valence-corrected chi connectivity index (χ1v) is 7.13. The normalized spacial score (nSPS) is 10.5. The van der Waals surface area contributed by atoms with E-state index < -0.39 is 5.69 Å². The molecule has 0 bridgehead atoms. The average molecular weight is 308 g/mol. The number of aromatic hydroxyl groups is 1. The molecule has 0 saturated carbocycles. The number of hydrogen-bond acceptors (Lipinski definition) is 4. The summed E-state index contributed by atoms with van der Waals surface area (Å²) in [6.07, 6.45) is 0. The molecule has 23 heavy (non-hydrogen) atoms. The molecule has 1 aromatic heterocycles. The molecule has 116 valence electrons. The van der Waals surface area contributed by atoms with Gasteiger partial charge in [-0.15, -0.1) is 0 Å². The first-order chi connectivity index (χ1) is 11.1. The van der Waals surface area contributed by atoms with Crippen LogP contribution in [-0.4, -0.2) is 22.2 Å². The molecular weight excluding hydrogens is 292 g/mol. The molecule has 0 amide bonds. The molecule has 0 aliphatic rings. The molecule has 5 nitrogen and oxygen atoms in total. The number of nitrogens with zero attached hydrogens (tertiary/aromatic N) is 1. The van der Waals surface area contributed by atoms with Gasteiger partial charge in [0.2, 0.25) is 0 Å². The standard InChI is InChI=1S/C18H16N2O3/c1-11-9-12(7-8-16(11)21)14-10-15(20-18(22)19-14)13-5-3-4-6-17(13)23-2/h3-10,21H,1-2H3,(H,19,20,22). The summed E-state index contributed by atoms with van der Waals surface area (Å²) in [6.45, 7) is 1.80. The van der Waals surface area contributed by atoms with Crippen LogP contribution in [0.25, 0.3) is 22.5 Å². The van der Waals surface area contributed by atoms with Gasteiger partial charge in [0.25, 0.3) is 0 Å². The number of aromatic amines is 1. The van der Waals surface area contributed by atoms with Gasteiger partial charge in [0.1, 0.15) is 11.5 Å². The Labute approximate surface area is 133 Å². The predicted molar refractivity (Wildman–Crippen MR) is 88.7 cm³/mol. The number of benzene rings is 2. The fourth-order valence-electron chi connectivity index (χ4n) is 2.43. The van der Waals surface area contributed by atoms with Crippen LogP contribution in [0.4, 0.5) is 0 Å². The van der Waals surface area contributed by atoms with Crippen molar-refractivity contribution >= 4 is 0 Å². The molecule has 0 aliphatic carbocycles. The molecule has 0 unspecified atom stereocenters. The summed E-state index contributed by atoms with van der Waals surface area (Å²) in [7, 11) is 1.59. The Kier molecular flexibility index (Phi) is 3.85. The molecular formula is C18H16N2O3. The predicted octanol–water partition coefficient (Wildman–Crippen LogP) is 3.13. The van der Waals surface area contributed by atoms with E-state index in [4.69, 9.17) is 4.74 Å². The van der Waals surface area contributed by atoms with Crippen molar-refractivity contribution in [1.29, 1.82) is 0 Å². The Balaban J connectivity index is 2.16. The van der Waals surface area contributed by atoms with E-state index in [1.165, 1.54) is 0 Å². The molecule has 0 atom stereocenters. The second-order valence-electron chi connectivity index (χ2n) is 5.19. The highest BCUT2D eigenvalue weighted by Crippen LogP contribution is 2.30. The Morgan fingerprint density at radius 2 is 1.91 bits per heavy atom. The molecule has 2 N–H and O–H groups in total. The quantitative estimate of drug-likeness (QED) is 0.779. The van der Waals surface area contributed by atoms with E-state index >= 15 is 0 Å². The van der Waals surface area contributed by atoms with Gasteiger partial charge < -0.3 is 14.8 Å². The van der Waals surface area contributed by atoms with Crippen molar-refractivity contribution in [1.82, 2.24) is 9.97 Å². The third-order valence-corrected chi connectivity index (χ3v) is 3.63. The fraction of sp³-hybridized carbons (Fsp3) is 0.111. The van der Waals surface area contributed by atoms with Gasteiger partial charge in [-0.25, -0.2) is 4.79 Å². The number of aryl methyl sites for hydroxylation is 1. The zero-order valence-corrected chi connectivity index (χ0v) is 12.8. The maximum absolute atomic E-state index is 12.0. The van der Waals surface area contributed by atoms with Crippen LogP contribution in [0.5, 0.6) is 11.5 Å². The number of phenolic OH excluding ortho intramolecular Hbond substituents is 1. The Morgan fingerprint density at radius 3 is 2.65 bits per heavy atom. The first-order valence-electron chi connectivity index (χ1n) is 7.13. The van der Waals surface area contributed by atoms with Crippen LogP contribution < -0.4 is 10.4 Å². The lowest BCUT2D eigenvalue weighted by Crippen LogP contribution is -2.12. The number of aromatic nitrogens is 2.